The van der Waals surface area contributed by atoms with Crippen LogP contribution in [0.2, 0.25) is 0 Å². The van der Waals surface area contributed by atoms with Gasteiger partial charge in [-0.25, -0.2) is 16.8 Å². The minimum atomic E-state index is -4.04. The van der Waals surface area contributed by atoms with Gasteiger partial charge in [-0.15, -0.1) is 0 Å². The average Bonchev–Trinajstić information content (AvgIpc) is 3.08. The summed E-state index contributed by atoms with van der Waals surface area (Å²) in [7, 11) is -7.95. The second-order valence-corrected chi connectivity index (χ2v) is 13.0. The van der Waals surface area contributed by atoms with Crippen LogP contribution in [0.3, 0.4) is 0 Å². The van der Waals surface area contributed by atoms with Crippen LogP contribution in [0.5, 0.6) is 0 Å². The molecule has 190 valence electrons. The van der Waals surface area contributed by atoms with Gasteiger partial charge >= 0.3 is 0 Å². The quantitative estimate of drug-likeness (QED) is 0.343. The Balaban J connectivity index is 1.71. The largest absolute Gasteiger partial charge is 0.264 e. The van der Waals surface area contributed by atoms with Gasteiger partial charge in [0.1, 0.15) is 0 Å². The number of aryl methyl sites for hydroxylation is 2. The summed E-state index contributed by atoms with van der Waals surface area (Å²) in [6.45, 7) is 3.81. The number of para-hydroxylation sites is 1. The third kappa shape index (κ3) is 4.80. The third-order valence-electron chi connectivity index (χ3n) is 6.66. The number of rotatable bonds is 5. The van der Waals surface area contributed by atoms with Crippen LogP contribution in [-0.4, -0.2) is 27.7 Å². The number of nitrogens with zero attached hydrogens (tertiary/aromatic N) is 2. The summed E-state index contributed by atoms with van der Waals surface area (Å²) in [4.78, 5) is 0.334. The van der Waals surface area contributed by atoms with E-state index >= 15 is 0 Å². The van der Waals surface area contributed by atoms with Crippen molar-refractivity contribution in [2.45, 2.75) is 36.2 Å². The van der Waals surface area contributed by atoms with Gasteiger partial charge in [0.15, 0.2) is 0 Å². The van der Waals surface area contributed by atoms with Gasteiger partial charge < -0.3 is 0 Å². The molecule has 0 spiro atoms. The van der Waals surface area contributed by atoms with Gasteiger partial charge in [-0.3, -0.25) is 4.31 Å². The van der Waals surface area contributed by atoms with Crippen molar-refractivity contribution in [2.75, 3.05) is 10.8 Å². The van der Waals surface area contributed by atoms with E-state index in [1.54, 1.807) is 72.8 Å². The molecule has 4 aromatic rings. The Kier molecular flexibility index (Phi) is 6.66. The number of sulfonamides is 2. The molecule has 1 heterocycles. The first-order valence-electron chi connectivity index (χ1n) is 12.0. The molecule has 8 heteroatoms. The van der Waals surface area contributed by atoms with Crippen molar-refractivity contribution in [3.8, 4) is 0 Å². The van der Waals surface area contributed by atoms with E-state index in [0.29, 0.717) is 16.8 Å². The van der Waals surface area contributed by atoms with Crippen molar-refractivity contribution in [1.82, 2.24) is 4.31 Å². The van der Waals surface area contributed by atoms with Crippen molar-refractivity contribution in [3.63, 3.8) is 0 Å². The summed E-state index contributed by atoms with van der Waals surface area (Å²) in [5, 5.41) is 0. The highest BCUT2D eigenvalue weighted by Gasteiger charge is 2.40. The summed E-state index contributed by atoms with van der Waals surface area (Å²) in [5.41, 5.74) is 3.70. The van der Waals surface area contributed by atoms with Crippen LogP contribution >= 0.6 is 0 Å². The van der Waals surface area contributed by atoms with Gasteiger partial charge in [0.2, 0.25) is 10.0 Å². The molecule has 0 bridgehead atoms. The molecule has 37 heavy (non-hydrogen) atoms. The van der Waals surface area contributed by atoms with Gasteiger partial charge in [0.25, 0.3) is 10.0 Å². The Morgan fingerprint density at radius 3 is 1.73 bits per heavy atom. The van der Waals surface area contributed by atoms with Crippen LogP contribution in [0, 0.1) is 13.8 Å². The molecule has 1 unspecified atom stereocenters. The van der Waals surface area contributed by atoms with Crippen LogP contribution in [0.15, 0.2) is 113 Å². The summed E-state index contributed by atoms with van der Waals surface area (Å²) in [6, 6.07) is 29.0. The lowest BCUT2D eigenvalue weighted by atomic mass is 10.1. The molecule has 0 aromatic heterocycles. The number of hydrogen-bond donors (Lipinski definition) is 0. The third-order valence-corrected chi connectivity index (χ3v) is 10.3. The van der Waals surface area contributed by atoms with Crippen LogP contribution in [0.4, 0.5) is 5.69 Å². The molecular weight excluding hydrogens is 504 g/mol. The Bertz CT molecular complexity index is 1620. The lowest BCUT2D eigenvalue weighted by Gasteiger charge is -2.33. The number of hydrogen-bond acceptors (Lipinski definition) is 4. The SMILES string of the molecule is Cc1ccc(S(=O)(=O)N2Cc3ccccc3N(S(=O)(=O)c3ccc(C)cc3)C(c3ccccc3)C2)cc1. The van der Waals surface area contributed by atoms with E-state index < -0.39 is 26.1 Å². The van der Waals surface area contributed by atoms with Gasteiger partial charge in [-0.05, 0) is 55.3 Å². The van der Waals surface area contributed by atoms with Crippen LogP contribution in [0.1, 0.15) is 28.3 Å². The van der Waals surface area contributed by atoms with E-state index in [9.17, 15) is 16.8 Å². The number of fused-ring (bicyclic) bond motifs is 1. The van der Waals surface area contributed by atoms with Gasteiger partial charge in [-0.1, -0.05) is 83.9 Å². The van der Waals surface area contributed by atoms with Crippen molar-refractivity contribution >= 4 is 25.7 Å². The Labute approximate surface area is 218 Å². The highest BCUT2D eigenvalue weighted by molar-refractivity contribution is 7.93. The Hall–Kier alpha value is -3.46. The second kappa shape index (κ2) is 9.78. The molecule has 0 amide bonds. The van der Waals surface area contributed by atoms with E-state index in [4.69, 9.17) is 0 Å². The van der Waals surface area contributed by atoms with E-state index in [2.05, 4.69) is 0 Å². The smallest absolute Gasteiger partial charge is 0.257 e. The van der Waals surface area contributed by atoms with E-state index in [0.717, 1.165) is 11.1 Å². The monoisotopic (exact) mass is 532 g/mol. The zero-order chi connectivity index (χ0) is 26.2. The van der Waals surface area contributed by atoms with Crippen LogP contribution in [0.25, 0.3) is 0 Å². The number of anilines is 1. The molecule has 1 atom stereocenters. The molecule has 0 N–H and O–H groups in total. The van der Waals surface area contributed by atoms with E-state index in [1.165, 1.54) is 8.61 Å². The predicted molar refractivity (Wildman–Crippen MR) is 145 cm³/mol. The van der Waals surface area contributed by atoms with Crippen molar-refractivity contribution < 1.29 is 16.8 Å². The van der Waals surface area contributed by atoms with Gasteiger partial charge in [-0.2, -0.15) is 4.31 Å². The normalized spacial score (nSPS) is 16.7. The van der Waals surface area contributed by atoms with E-state index in [1.807, 2.05) is 44.2 Å². The van der Waals surface area contributed by atoms with Gasteiger partial charge in [0.05, 0.1) is 21.5 Å². The molecule has 4 aromatic carbocycles. The van der Waals surface area contributed by atoms with Crippen LogP contribution in [-0.2, 0) is 26.6 Å². The number of benzene rings is 4. The molecule has 0 saturated heterocycles. The summed E-state index contributed by atoms with van der Waals surface area (Å²) >= 11 is 0. The first kappa shape index (κ1) is 25.2. The van der Waals surface area contributed by atoms with E-state index in [-0.39, 0.29) is 22.9 Å². The average molecular weight is 533 g/mol. The molecule has 1 aliphatic heterocycles. The Morgan fingerprint density at radius 1 is 0.622 bits per heavy atom. The predicted octanol–water partition coefficient (Wildman–Crippen LogP) is 5.44. The van der Waals surface area contributed by atoms with Crippen molar-refractivity contribution in [2.24, 2.45) is 0 Å². The second-order valence-electron chi connectivity index (χ2n) is 9.28. The molecule has 6 nitrogen and oxygen atoms in total. The highest BCUT2D eigenvalue weighted by Crippen LogP contribution is 2.40. The maximum Gasteiger partial charge on any atom is 0.264 e. The Morgan fingerprint density at radius 2 is 1.14 bits per heavy atom. The first-order chi connectivity index (χ1) is 17.7. The minimum Gasteiger partial charge on any atom is -0.257 e. The summed E-state index contributed by atoms with van der Waals surface area (Å²) in [5.74, 6) is 0. The zero-order valence-corrected chi connectivity index (χ0v) is 22.3. The highest BCUT2D eigenvalue weighted by atomic mass is 32.2. The molecule has 0 aliphatic carbocycles. The lowest BCUT2D eigenvalue weighted by Crippen LogP contribution is -2.41. The summed E-state index contributed by atoms with van der Waals surface area (Å²) in [6.07, 6.45) is 0. The molecule has 0 saturated carbocycles. The standard InChI is InChI=1S/C29H28N2O4S2/c1-22-12-16-26(17-13-22)36(32,33)30-20-25-10-6-7-11-28(25)31(29(21-30)24-8-4-3-5-9-24)37(34,35)27-18-14-23(2)15-19-27/h3-19,29H,20-21H2,1-2H3. The molecule has 5 rings (SSSR count). The fourth-order valence-corrected chi connectivity index (χ4v) is 7.72. The molecule has 0 radical (unpaired) electrons. The maximum atomic E-state index is 14.2. The summed E-state index contributed by atoms with van der Waals surface area (Å²) < 4.78 is 58.9. The van der Waals surface area contributed by atoms with Crippen molar-refractivity contribution in [1.29, 1.82) is 0 Å². The zero-order valence-electron chi connectivity index (χ0n) is 20.7. The molecular formula is C29H28N2O4S2. The molecule has 0 fully saturated rings. The maximum absolute atomic E-state index is 14.2. The fourth-order valence-electron chi connectivity index (χ4n) is 4.63. The van der Waals surface area contributed by atoms with Gasteiger partial charge in [0, 0.05) is 13.1 Å². The molecule has 1 aliphatic rings. The minimum absolute atomic E-state index is 0.0417. The van der Waals surface area contributed by atoms with Crippen molar-refractivity contribution in [3.05, 3.63) is 125 Å². The van der Waals surface area contributed by atoms with Crippen LogP contribution < -0.4 is 4.31 Å². The fraction of sp³-hybridized carbons (Fsp3) is 0.172. The lowest BCUT2D eigenvalue weighted by molar-refractivity contribution is 0.391. The topological polar surface area (TPSA) is 74.8 Å². The first-order valence-corrected chi connectivity index (χ1v) is 14.9.